The molecule has 0 radical (unpaired) electrons. The minimum Gasteiger partial charge on any atom is -0.493 e. The molecule has 0 N–H and O–H groups in total. The molecular weight excluding hydrogens is 396 g/mol. The normalized spacial score (nSPS) is 10.5. The Balaban J connectivity index is 2.16. The van der Waals surface area contributed by atoms with Crippen LogP contribution in [0.5, 0.6) is 23.0 Å². The number of alkyl halides is 2. The quantitative estimate of drug-likeness (QED) is 0.499. The lowest BCUT2D eigenvalue weighted by atomic mass is 10.1. The van der Waals surface area contributed by atoms with E-state index in [0.29, 0.717) is 29.2 Å². The van der Waals surface area contributed by atoms with Gasteiger partial charge in [0.2, 0.25) is 0 Å². The summed E-state index contributed by atoms with van der Waals surface area (Å²) in [5.74, 6) is 0.844. The van der Waals surface area contributed by atoms with Gasteiger partial charge in [0.1, 0.15) is 6.61 Å². The van der Waals surface area contributed by atoms with Crippen molar-refractivity contribution >= 4 is 5.91 Å². The first-order valence-electron chi connectivity index (χ1n) is 9.27. The molecule has 0 aromatic heterocycles. The third kappa shape index (κ3) is 6.10. The molecule has 0 atom stereocenters. The minimum absolute atomic E-state index is 0.0515. The van der Waals surface area contributed by atoms with Crippen molar-refractivity contribution < 1.29 is 32.5 Å². The highest BCUT2D eigenvalue weighted by atomic mass is 19.3. The largest absolute Gasteiger partial charge is 0.493 e. The van der Waals surface area contributed by atoms with Gasteiger partial charge in [-0.25, -0.2) is 0 Å². The van der Waals surface area contributed by atoms with Crippen molar-refractivity contribution in [3.63, 3.8) is 0 Å². The maximum absolute atomic E-state index is 12.8. The minimum atomic E-state index is -2.95. The maximum Gasteiger partial charge on any atom is 0.387 e. The Morgan fingerprint density at radius 2 is 1.83 bits per heavy atom. The number of rotatable bonds is 11. The van der Waals surface area contributed by atoms with Gasteiger partial charge in [0.15, 0.2) is 23.0 Å². The molecule has 0 saturated carbocycles. The van der Waals surface area contributed by atoms with Crippen molar-refractivity contribution in [2.75, 3.05) is 27.4 Å². The Kier molecular flexibility index (Phi) is 8.46. The summed E-state index contributed by atoms with van der Waals surface area (Å²) >= 11 is 0. The Hall–Kier alpha value is -3.29. The van der Waals surface area contributed by atoms with Crippen LogP contribution in [0.15, 0.2) is 49.1 Å². The monoisotopic (exact) mass is 421 g/mol. The van der Waals surface area contributed by atoms with E-state index in [4.69, 9.17) is 14.2 Å². The van der Waals surface area contributed by atoms with Gasteiger partial charge in [0.05, 0.1) is 13.7 Å². The first-order chi connectivity index (χ1) is 14.4. The summed E-state index contributed by atoms with van der Waals surface area (Å²) in [6.45, 7) is 3.23. The van der Waals surface area contributed by atoms with Crippen molar-refractivity contribution in [1.82, 2.24) is 4.90 Å². The first kappa shape index (κ1) is 23.0. The number of ether oxygens (including phenoxy) is 4. The van der Waals surface area contributed by atoms with E-state index in [1.165, 1.54) is 18.1 Å². The highest BCUT2D eigenvalue weighted by molar-refractivity contribution is 5.94. The lowest BCUT2D eigenvalue weighted by Gasteiger charge is -2.19. The number of hydrogen-bond donors (Lipinski definition) is 0. The van der Waals surface area contributed by atoms with Crippen molar-refractivity contribution in [1.29, 1.82) is 0 Å². The number of benzene rings is 2. The van der Waals surface area contributed by atoms with E-state index in [1.54, 1.807) is 50.4 Å². The first-order valence-corrected chi connectivity index (χ1v) is 9.27. The van der Waals surface area contributed by atoms with E-state index in [-0.39, 0.29) is 30.6 Å². The number of carbonyl (C=O) groups excluding carboxylic acids is 1. The molecule has 2 aromatic carbocycles. The van der Waals surface area contributed by atoms with Gasteiger partial charge in [0, 0.05) is 19.2 Å². The van der Waals surface area contributed by atoms with Crippen LogP contribution in [0.3, 0.4) is 0 Å². The summed E-state index contributed by atoms with van der Waals surface area (Å²) in [6, 6.07) is 9.49. The topological polar surface area (TPSA) is 57.2 Å². The van der Waals surface area contributed by atoms with Crippen LogP contribution in [0.4, 0.5) is 8.78 Å². The second kappa shape index (κ2) is 11.0. The lowest BCUT2D eigenvalue weighted by Crippen LogP contribution is -2.26. The van der Waals surface area contributed by atoms with Crippen LogP contribution in [0.1, 0.15) is 22.8 Å². The molecule has 162 valence electrons. The summed E-state index contributed by atoms with van der Waals surface area (Å²) in [5, 5.41) is 0. The zero-order chi connectivity index (χ0) is 22.1. The van der Waals surface area contributed by atoms with Crippen molar-refractivity contribution in [3.8, 4) is 23.0 Å². The fourth-order valence-corrected chi connectivity index (χ4v) is 2.75. The SMILES string of the molecule is C=CCOc1ccc(C(=O)N(C)Cc2ccc(OC(F)F)c(OCC)c2)cc1OC. The zero-order valence-electron chi connectivity index (χ0n) is 17.2. The number of amides is 1. The molecule has 0 fully saturated rings. The van der Waals surface area contributed by atoms with Crippen LogP contribution in [-0.4, -0.2) is 44.8 Å². The van der Waals surface area contributed by atoms with Gasteiger partial charge in [-0.15, -0.1) is 0 Å². The van der Waals surface area contributed by atoms with Crippen LogP contribution in [0.2, 0.25) is 0 Å². The summed E-state index contributed by atoms with van der Waals surface area (Å²) in [5.41, 5.74) is 1.12. The third-order valence-electron chi connectivity index (χ3n) is 4.06. The van der Waals surface area contributed by atoms with Crippen molar-refractivity contribution in [2.24, 2.45) is 0 Å². The predicted octanol–water partition coefficient (Wildman–Crippen LogP) is 4.53. The maximum atomic E-state index is 12.8. The molecule has 0 aliphatic rings. The molecule has 0 heterocycles. The van der Waals surface area contributed by atoms with Crippen LogP contribution < -0.4 is 18.9 Å². The molecule has 1 amide bonds. The molecule has 8 heteroatoms. The number of carbonyl (C=O) groups is 1. The van der Waals surface area contributed by atoms with Crippen LogP contribution in [0, 0.1) is 0 Å². The lowest BCUT2D eigenvalue weighted by molar-refractivity contribution is -0.0514. The van der Waals surface area contributed by atoms with Crippen molar-refractivity contribution in [3.05, 3.63) is 60.2 Å². The molecule has 0 spiro atoms. The van der Waals surface area contributed by atoms with E-state index in [9.17, 15) is 13.6 Å². The summed E-state index contributed by atoms with van der Waals surface area (Å²) < 4.78 is 45.7. The molecule has 30 heavy (non-hydrogen) atoms. The van der Waals surface area contributed by atoms with Gasteiger partial charge in [-0.05, 0) is 42.8 Å². The number of halogens is 2. The van der Waals surface area contributed by atoms with Gasteiger partial charge >= 0.3 is 6.61 Å². The van der Waals surface area contributed by atoms with E-state index in [0.717, 1.165) is 0 Å². The standard InChI is InChI=1S/C22H25F2NO5/c1-5-11-29-17-10-8-16(13-19(17)27-4)21(26)25(3)14-15-7-9-18(30-22(23)24)20(12-15)28-6-2/h5,7-10,12-13,22H,1,6,11,14H2,2-4H3. The van der Waals surface area contributed by atoms with Gasteiger partial charge in [-0.3, -0.25) is 4.79 Å². The molecule has 2 rings (SSSR count). The Labute approximate surface area is 174 Å². The van der Waals surface area contributed by atoms with Gasteiger partial charge in [-0.2, -0.15) is 8.78 Å². The predicted molar refractivity (Wildman–Crippen MR) is 109 cm³/mol. The summed E-state index contributed by atoms with van der Waals surface area (Å²) in [7, 11) is 3.13. The molecule has 0 bridgehead atoms. The third-order valence-corrected chi connectivity index (χ3v) is 4.06. The molecule has 0 unspecified atom stereocenters. The number of hydrogen-bond acceptors (Lipinski definition) is 5. The highest BCUT2D eigenvalue weighted by Crippen LogP contribution is 2.31. The van der Waals surface area contributed by atoms with E-state index >= 15 is 0 Å². The fourth-order valence-electron chi connectivity index (χ4n) is 2.75. The molecule has 0 aliphatic heterocycles. The summed E-state index contributed by atoms with van der Waals surface area (Å²) in [6.07, 6.45) is 1.61. The molecular formula is C22H25F2NO5. The van der Waals surface area contributed by atoms with E-state index in [1.807, 2.05) is 0 Å². The van der Waals surface area contributed by atoms with Crippen molar-refractivity contribution in [2.45, 2.75) is 20.1 Å². The van der Waals surface area contributed by atoms with Crippen LogP contribution >= 0.6 is 0 Å². The van der Waals surface area contributed by atoms with E-state index < -0.39 is 6.61 Å². The molecule has 0 aliphatic carbocycles. The Morgan fingerprint density at radius 3 is 2.47 bits per heavy atom. The van der Waals surface area contributed by atoms with E-state index in [2.05, 4.69) is 11.3 Å². The van der Waals surface area contributed by atoms with Crippen LogP contribution in [-0.2, 0) is 6.54 Å². The van der Waals surface area contributed by atoms with Gasteiger partial charge < -0.3 is 23.8 Å². The summed E-state index contributed by atoms with van der Waals surface area (Å²) in [4.78, 5) is 14.3. The average Bonchev–Trinajstić information content (AvgIpc) is 2.73. The molecule has 0 saturated heterocycles. The Bertz CT molecular complexity index is 873. The molecule has 6 nitrogen and oxygen atoms in total. The number of methoxy groups -OCH3 is 1. The average molecular weight is 421 g/mol. The smallest absolute Gasteiger partial charge is 0.387 e. The van der Waals surface area contributed by atoms with Gasteiger partial charge in [-0.1, -0.05) is 18.7 Å². The second-order valence-electron chi connectivity index (χ2n) is 6.22. The van der Waals surface area contributed by atoms with Gasteiger partial charge in [0.25, 0.3) is 5.91 Å². The van der Waals surface area contributed by atoms with Crippen LogP contribution in [0.25, 0.3) is 0 Å². The second-order valence-corrected chi connectivity index (χ2v) is 6.22. The Morgan fingerprint density at radius 1 is 1.10 bits per heavy atom. The molecule has 2 aromatic rings. The fraction of sp³-hybridized carbons (Fsp3) is 0.318. The highest BCUT2D eigenvalue weighted by Gasteiger charge is 2.17. The number of nitrogens with zero attached hydrogens (tertiary/aromatic N) is 1. The zero-order valence-corrected chi connectivity index (χ0v) is 17.2.